The summed E-state index contributed by atoms with van der Waals surface area (Å²) in [7, 11) is 0. The molecule has 0 saturated carbocycles. The number of anilines is 2. The van der Waals surface area contributed by atoms with Gasteiger partial charge >= 0.3 is 6.03 Å². The maximum absolute atomic E-state index is 12.7. The average molecular weight is 418 g/mol. The lowest BCUT2D eigenvalue weighted by Gasteiger charge is -2.17. The Morgan fingerprint density at radius 1 is 1.06 bits per heavy atom. The Labute approximate surface area is 181 Å². The molecule has 2 heterocycles. The molecule has 2 aromatic carbocycles. The fourth-order valence-corrected chi connectivity index (χ4v) is 3.92. The summed E-state index contributed by atoms with van der Waals surface area (Å²) in [5.74, 6) is -0.923. The fourth-order valence-electron chi connectivity index (χ4n) is 3.92. The van der Waals surface area contributed by atoms with Crippen LogP contribution in [0.25, 0.3) is 6.08 Å². The average Bonchev–Trinajstić information content (AvgIpc) is 3.40. The number of nitrogens with zero attached hydrogens (tertiary/aromatic N) is 2. The van der Waals surface area contributed by atoms with Crippen LogP contribution in [0.15, 0.2) is 54.2 Å². The van der Waals surface area contributed by atoms with Crippen molar-refractivity contribution in [2.75, 3.05) is 29.9 Å². The standard InChI is InChI=1S/C24H26N4O3/c1-2-18-7-3-4-8-20(18)25-22(29)16-28-23(30)21(26-24(28)31)15-17-9-11-19(12-10-17)27-13-5-6-14-27/h3-4,7-12,15H,2,5-6,13-14,16H2,1H3,(H,25,29)(H,26,31)/b21-15+. The van der Waals surface area contributed by atoms with Gasteiger partial charge in [0.2, 0.25) is 5.91 Å². The number of benzene rings is 2. The third kappa shape index (κ3) is 4.60. The molecule has 0 radical (unpaired) electrons. The summed E-state index contributed by atoms with van der Waals surface area (Å²) in [6.07, 6.45) is 4.82. The molecular weight excluding hydrogens is 392 g/mol. The minimum Gasteiger partial charge on any atom is -0.372 e. The van der Waals surface area contributed by atoms with Crippen molar-refractivity contribution in [2.24, 2.45) is 0 Å². The molecule has 0 aromatic heterocycles. The van der Waals surface area contributed by atoms with Gasteiger partial charge in [-0.05, 0) is 54.7 Å². The second-order valence-corrected chi connectivity index (χ2v) is 7.72. The first kappa shape index (κ1) is 20.7. The van der Waals surface area contributed by atoms with Crippen molar-refractivity contribution in [1.29, 1.82) is 0 Å². The molecule has 160 valence electrons. The van der Waals surface area contributed by atoms with Crippen LogP contribution in [0.2, 0.25) is 0 Å². The third-order valence-corrected chi connectivity index (χ3v) is 5.61. The van der Waals surface area contributed by atoms with E-state index in [4.69, 9.17) is 0 Å². The van der Waals surface area contributed by atoms with E-state index in [9.17, 15) is 14.4 Å². The summed E-state index contributed by atoms with van der Waals surface area (Å²) in [6.45, 7) is 3.79. The maximum Gasteiger partial charge on any atom is 0.329 e. The van der Waals surface area contributed by atoms with Gasteiger partial charge in [-0.25, -0.2) is 9.69 Å². The first-order valence-corrected chi connectivity index (χ1v) is 10.6. The van der Waals surface area contributed by atoms with Crippen LogP contribution in [-0.2, 0) is 16.0 Å². The van der Waals surface area contributed by atoms with E-state index < -0.39 is 17.8 Å². The third-order valence-electron chi connectivity index (χ3n) is 5.61. The van der Waals surface area contributed by atoms with E-state index in [2.05, 4.69) is 15.5 Å². The summed E-state index contributed by atoms with van der Waals surface area (Å²) in [6, 6.07) is 14.8. The molecule has 4 rings (SSSR count). The Morgan fingerprint density at radius 3 is 2.48 bits per heavy atom. The molecule has 2 aliphatic rings. The highest BCUT2D eigenvalue weighted by molar-refractivity contribution is 6.16. The van der Waals surface area contributed by atoms with E-state index in [1.807, 2.05) is 49.4 Å². The topological polar surface area (TPSA) is 81.8 Å². The van der Waals surface area contributed by atoms with Gasteiger partial charge in [-0.15, -0.1) is 0 Å². The van der Waals surface area contributed by atoms with Gasteiger partial charge in [-0.3, -0.25) is 9.59 Å². The van der Waals surface area contributed by atoms with Gasteiger partial charge in [-0.1, -0.05) is 37.3 Å². The number of rotatable bonds is 6. The van der Waals surface area contributed by atoms with Gasteiger partial charge in [0.1, 0.15) is 12.2 Å². The zero-order valence-electron chi connectivity index (χ0n) is 17.6. The summed E-state index contributed by atoms with van der Waals surface area (Å²) in [5.41, 5.74) is 3.82. The van der Waals surface area contributed by atoms with E-state index in [1.165, 1.54) is 12.8 Å². The molecule has 31 heavy (non-hydrogen) atoms. The molecule has 0 aliphatic carbocycles. The van der Waals surface area contributed by atoms with Crippen LogP contribution in [0, 0.1) is 0 Å². The molecule has 2 fully saturated rings. The Balaban J connectivity index is 1.41. The van der Waals surface area contributed by atoms with Crippen LogP contribution >= 0.6 is 0 Å². The van der Waals surface area contributed by atoms with Gasteiger partial charge in [0.05, 0.1) is 0 Å². The van der Waals surface area contributed by atoms with Crippen molar-refractivity contribution in [3.05, 3.63) is 65.4 Å². The van der Waals surface area contributed by atoms with Gasteiger partial charge in [-0.2, -0.15) is 0 Å². The minimum absolute atomic E-state index is 0.167. The highest BCUT2D eigenvalue weighted by atomic mass is 16.2. The van der Waals surface area contributed by atoms with Gasteiger partial charge in [0.15, 0.2) is 0 Å². The lowest BCUT2D eigenvalue weighted by Crippen LogP contribution is -2.38. The Kier molecular flexibility index (Phi) is 6.02. The summed E-state index contributed by atoms with van der Waals surface area (Å²) in [5, 5.41) is 5.36. The van der Waals surface area contributed by atoms with Crippen LogP contribution in [-0.4, -0.2) is 42.4 Å². The lowest BCUT2D eigenvalue weighted by atomic mass is 10.1. The first-order chi connectivity index (χ1) is 15.0. The number of nitrogens with one attached hydrogen (secondary N) is 2. The second-order valence-electron chi connectivity index (χ2n) is 7.72. The van der Waals surface area contributed by atoms with Crippen LogP contribution in [0.3, 0.4) is 0 Å². The Morgan fingerprint density at radius 2 is 1.77 bits per heavy atom. The molecule has 2 aliphatic heterocycles. The minimum atomic E-state index is -0.594. The first-order valence-electron chi connectivity index (χ1n) is 10.6. The van der Waals surface area contributed by atoms with Crippen molar-refractivity contribution in [2.45, 2.75) is 26.2 Å². The van der Waals surface area contributed by atoms with Crippen LogP contribution in [0.4, 0.5) is 16.2 Å². The largest absolute Gasteiger partial charge is 0.372 e. The number of imide groups is 1. The molecule has 2 saturated heterocycles. The molecule has 0 bridgehead atoms. The molecule has 0 unspecified atom stereocenters. The molecular formula is C24H26N4O3. The molecule has 0 spiro atoms. The Hall–Kier alpha value is -3.61. The van der Waals surface area contributed by atoms with Crippen molar-refractivity contribution < 1.29 is 14.4 Å². The smallest absolute Gasteiger partial charge is 0.329 e. The van der Waals surface area contributed by atoms with E-state index in [0.29, 0.717) is 5.69 Å². The fraction of sp³-hybridized carbons (Fsp3) is 0.292. The van der Waals surface area contributed by atoms with E-state index in [0.717, 1.165) is 41.2 Å². The number of urea groups is 1. The quantitative estimate of drug-likeness (QED) is 0.557. The SMILES string of the molecule is CCc1ccccc1NC(=O)CN1C(=O)N/C(=C/c2ccc(N3CCCC3)cc2)C1=O. The highest BCUT2D eigenvalue weighted by Crippen LogP contribution is 2.22. The highest BCUT2D eigenvalue weighted by Gasteiger charge is 2.35. The van der Waals surface area contributed by atoms with Crippen LogP contribution in [0.1, 0.15) is 30.9 Å². The zero-order valence-corrected chi connectivity index (χ0v) is 17.6. The van der Waals surface area contributed by atoms with E-state index >= 15 is 0 Å². The molecule has 4 amide bonds. The molecule has 0 atom stereocenters. The van der Waals surface area contributed by atoms with Crippen molar-refractivity contribution in [3.8, 4) is 0 Å². The van der Waals surface area contributed by atoms with Crippen molar-refractivity contribution >= 4 is 35.3 Å². The molecule has 7 nitrogen and oxygen atoms in total. The number of amides is 4. The number of carbonyl (C=O) groups is 3. The molecule has 2 aromatic rings. The predicted molar refractivity (Wildman–Crippen MR) is 121 cm³/mol. The number of para-hydroxylation sites is 1. The van der Waals surface area contributed by atoms with Gasteiger partial charge < -0.3 is 15.5 Å². The van der Waals surface area contributed by atoms with Crippen molar-refractivity contribution in [1.82, 2.24) is 10.2 Å². The lowest BCUT2D eigenvalue weighted by molar-refractivity contribution is -0.127. The number of hydrogen-bond acceptors (Lipinski definition) is 4. The zero-order chi connectivity index (χ0) is 21.8. The number of carbonyl (C=O) groups excluding carboxylic acids is 3. The molecule has 2 N–H and O–H groups in total. The van der Waals surface area contributed by atoms with Gasteiger partial charge in [0, 0.05) is 24.5 Å². The van der Waals surface area contributed by atoms with Crippen LogP contribution < -0.4 is 15.5 Å². The maximum atomic E-state index is 12.7. The number of hydrogen-bond donors (Lipinski definition) is 2. The summed E-state index contributed by atoms with van der Waals surface area (Å²) >= 11 is 0. The predicted octanol–water partition coefficient (Wildman–Crippen LogP) is 3.38. The van der Waals surface area contributed by atoms with E-state index in [1.54, 1.807) is 12.1 Å². The summed E-state index contributed by atoms with van der Waals surface area (Å²) in [4.78, 5) is 40.7. The van der Waals surface area contributed by atoms with Crippen LogP contribution in [0.5, 0.6) is 0 Å². The second kappa shape index (κ2) is 9.04. The monoisotopic (exact) mass is 418 g/mol. The molecule has 7 heteroatoms. The number of aryl methyl sites for hydroxylation is 1. The Bertz CT molecular complexity index is 1020. The normalized spacial score (nSPS) is 17.4. The van der Waals surface area contributed by atoms with Gasteiger partial charge in [0.25, 0.3) is 5.91 Å². The van der Waals surface area contributed by atoms with E-state index in [-0.39, 0.29) is 12.2 Å². The summed E-state index contributed by atoms with van der Waals surface area (Å²) < 4.78 is 0. The van der Waals surface area contributed by atoms with Crippen molar-refractivity contribution in [3.63, 3.8) is 0 Å².